The van der Waals surface area contributed by atoms with E-state index in [2.05, 4.69) is 27.1 Å². The Kier molecular flexibility index (Phi) is 4.45. The number of fused-ring (bicyclic) bond motifs is 1. The molecule has 2 fully saturated rings. The molecule has 3 heterocycles. The first-order chi connectivity index (χ1) is 10.1. The summed E-state index contributed by atoms with van der Waals surface area (Å²) in [4.78, 5) is 9.39. The van der Waals surface area contributed by atoms with Gasteiger partial charge in [-0.25, -0.2) is 10.8 Å². The summed E-state index contributed by atoms with van der Waals surface area (Å²) in [6.07, 6.45) is 3.86. The van der Waals surface area contributed by atoms with E-state index in [4.69, 9.17) is 29.0 Å². The minimum Gasteiger partial charge on any atom is -0.350 e. The molecule has 2 unspecified atom stereocenters. The van der Waals surface area contributed by atoms with Gasteiger partial charge in [-0.05, 0) is 32.4 Å². The maximum absolute atomic E-state index is 6.36. The molecular weight excluding hydrogens is 309 g/mol. The fourth-order valence-electron chi connectivity index (χ4n) is 3.41. The second-order valence-corrected chi connectivity index (χ2v) is 6.73. The molecule has 0 bridgehead atoms. The molecular formula is C14H21Cl2N5. The number of piperidine rings is 1. The third kappa shape index (κ3) is 2.93. The van der Waals surface area contributed by atoms with Gasteiger partial charge < -0.3 is 10.3 Å². The van der Waals surface area contributed by atoms with Gasteiger partial charge >= 0.3 is 0 Å². The Labute approximate surface area is 135 Å². The van der Waals surface area contributed by atoms with Crippen LogP contribution in [-0.4, -0.2) is 41.6 Å². The molecule has 3 N–H and O–H groups in total. The predicted molar refractivity (Wildman–Crippen MR) is 88.1 cm³/mol. The fourth-order valence-corrected chi connectivity index (χ4v) is 3.93. The van der Waals surface area contributed by atoms with E-state index in [1.165, 1.54) is 25.8 Å². The first kappa shape index (κ1) is 15.2. The number of nitrogen functional groups attached to an aromatic ring is 1. The predicted octanol–water partition coefficient (Wildman–Crippen LogP) is 2.74. The van der Waals surface area contributed by atoms with Gasteiger partial charge in [0, 0.05) is 25.2 Å². The summed E-state index contributed by atoms with van der Waals surface area (Å²) < 4.78 is 0. The molecule has 0 saturated carbocycles. The molecule has 2 saturated heterocycles. The average molecular weight is 330 g/mol. The molecule has 3 rings (SSSR count). The van der Waals surface area contributed by atoms with Gasteiger partial charge in [-0.1, -0.05) is 29.6 Å². The Hall–Kier alpha value is -0.750. The molecule has 7 heteroatoms. The highest BCUT2D eigenvalue weighted by Crippen LogP contribution is 2.34. The van der Waals surface area contributed by atoms with E-state index < -0.39 is 0 Å². The minimum atomic E-state index is 0.371. The number of hydrogen-bond acceptors (Lipinski definition) is 5. The fraction of sp³-hybridized carbons (Fsp3) is 0.643. The molecule has 5 nitrogen and oxygen atoms in total. The highest BCUT2D eigenvalue weighted by atomic mass is 35.5. The summed E-state index contributed by atoms with van der Waals surface area (Å²) in [6, 6.07) is 2.68. The summed E-state index contributed by atoms with van der Waals surface area (Å²) in [5, 5.41) is 1.02. The molecule has 1 aromatic heterocycles. The Morgan fingerprint density at radius 3 is 2.86 bits per heavy atom. The molecule has 0 amide bonds. The molecule has 2 atom stereocenters. The van der Waals surface area contributed by atoms with Crippen LogP contribution >= 0.6 is 23.2 Å². The van der Waals surface area contributed by atoms with Gasteiger partial charge in [0.25, 0.3) is 0 Å². The monoisotopic (exact) mass is 329 g/mol. The van der Waals surface area contributed by atoms with Gasteiger partial charge in [-0.3, -0.25) is 4.90 Å². The van der Waals surface area contributed by atoms with Crippen LogP contribution in [0, 0.1) is 0 Å². The Morgan fingerprint density at radius 1 is 1.29 bits per heavy atom. The van der Waals surface area contributed by atoms with E-state index in [1.54, 1.807) is 6.07 Å². The molecule has 0 spiro atoms. The molecule has 21 heavy (non-hydrogen) atoms. The Balaban J connectivity index is 1.88. The summed E-state index contributed by atoms with van der Waals surface area (Å²) >= 11 is 12.4. The largest absolute Gasteiger partial charge is 0.350 e. The van der Waals surface area contributed by atoms with Crippen LogP contribution < -0.4 is 16.2 Å². The normalized spacial score (nSPS) is 26.6. The number of halogens is 2. The van der Waals surface area contributed by atoms with E-state index in [1.807, 2.05) is 0 Å². The van der Waals surface area contributed by atoms with E-state index in [0.29, 0.717) is 27.9 Å². The third-order valence-electron chi connectivity index (χ3n) is 4.51. The summed E-state index contributed by atoms with van der Waals surface area (Å²) in [5.74, 6) is 6.71. The van der Waals surface area contributed by atoms with Crippen molar-refractivity contribution in [2.24, 2.45) is 5.84 Å². The molecule has 2 aliphatic heterocycles. The SMILES string of the molecule is CC1CN2CCCCC2CN1c1nc(NN)c(Cl)cc1Cl. The second kappa shape index (κ2) is 6.16. The van der Waals surface area contributed by atoms with Crippen LogP contribution in [0.25, 0.3) is 0 Å². The highest BCUT2D eigenvalue weighted by molar-refractivity contribution is 6.37. The number of aromatic nitrogens is 1. The number of piperazine rings is 1. The van der Waals surface area contributed by atoms with Crippen molar-refractivity contribution in [1.29, 1.82) is 0 Å². The van der Waals surface area contributed by atoms with E-state index in [0.717, 1.165) is 18.9 Å². The highest BCUT2D eigenvalue weighted by Gasteiger charge is 2.34. The maximum Gasteiger partial charge on any atom is 0.161 e. The van der Waals surface area contributed by atoms with Crippen LogP contribution in [0.3, 0.4) is 0 Å². The number of hydrazine groups is 1. The number of nitrogens with zero attached hydrogens (tertiary/aromatic N) is 3. The van der Waals surface area contributed by atoms with Crippen molar-refractivity contribution in [3.05, 3.63) is 16.1 Å². The lowest BCUT2D eigenvalue weighted by molar-refractivity contribution is 0.115. The standard InChI is InChI=1S/C14H21Cl2N5/c1-9-7-20-5-3-2-4-10(20)8-21(9)14-12(16)6-11(15)13(18-14)19-17/h6,9-10H,2-5,7-8,17H2,1H3,(H,18,19). The van der Waals surface area contributed by atoms with Crippen molar-refractivity contribution in [3.63, 3.8) is 0 Å². The van der Waals surface area contributed by atoms with Gasteiger partial charge in [-0.2, -0.15) is 0 Å². The zero-order valence-electron chi connectivity index (χ0n) is 12.1. The van der Waals surface area contributed by atoms with Crippen LogP contribution in [0.15, 0.2) is 6.07 Å². The number of rotatable bonds is 2. The van der Waals surface area contributed by atoms with Crippen molar-refractivity contribution in [1.82, 2.24) is 9.88 Å². The van der Waals surface area contributed by atoms with Gasteiger partial charge in [0.05, 0.1) is 10.0 Å². The summed E-state index contributed by atoms with van der Waals surface area (Å²) in [5.41, 5.74) is 2.53. The Morgan fingerprint density at radius 2 is 2.10 bits per heavy atom. The second-order valence-electron chi connectivity index (χ2n) is 5.91. The first-order valence-electron chi connectivity index (χ1n) is 7.43. The van der Waals surface area contributed by atoms with Crippen LogP contribution in [0.5, 0.6) is 0 Å². The molecule has 1 aromatic rings. The summed E-state index contributed by atoms with van der Waals surface area (Å²) in [7, 11) is 0. The number of pyridine rings is 1. The number of nitrogens with one attached hydrogen (secondary N) is 1. The van der Waals surface area contributed by atoms with Crippen LogP contribution in [-0.2, 0) is 0 Å². The average Bonchev–Trinajstić information content (AvgIpc) is 2.47. The van der Waals surface area contributed by atoms with Crippen LogP contribution in [0.1, 0.15) is 26.2 Å². The smallest absolute Gasteiger partial charge is 0.161 e. The Bertz CT molecular complexity index is 524. The molecule has 0 aliphatic carbocycles. The minimum absolute atomic E-state index is 0.371. The number of nitrogens with two attached hydrogens (primary N) is 1. The van der Waals surface area contributed by atoms with Crippen LogP contribution in [0.4, 0.5) is 11.6 Å². The zero-order chi connectivity index (χ0) is 15.0. The topological polar surface area (TPSA) is 57.4 Å². The van der Waals surface area contributed by atoms with E-state index in [-0.39, 0.29) is 0 Å². The summed E-state index contributed by atoms with van der Waals surface area (Å²) in [6.45, 7) is 5.43. The van der Waals surface area contributed by atoms with E-state index >= 15 is 0 Å². The lowest BCUT2D eigenvalue weighted by Gasteiger charge is -2.48. The quantitative estimate of drug-likeness (QED) is 0.645. The molecule has 2 aliphatic rings. The molecule has 0 radical (unpaired) electrons. The maximum atomic E-state index is 6.36. The van der Waals surface area contributed by atoms with Crippen molar-refractivity contribution >= 4 is 34.8 Å². The lowest BCUT2D eigenvalue weighted by atomic mass is 9.97. The lowest BCUT2D eigenvalue weighted by Crippen LogP contribution is -2.59. The van der Waals surface area contributed by atoms with E-state index in [9.17, 15) is 0 Å². The number of hydrogen-bond donors (Lipinski definition) is 2. The van der Waals surface area contributed by atoms with Crippen molar-refractivity contribution in [2.75, 3.05) is 30.0 Å². The molecule has 116 valence electrons. The van der Waals surface area contributed by atoms with Gasteiger partial charge in [0.15, 0.2) is 5.82 Å². The third-order valence-corrected chi connectivity index (χ3v) is 5.07. The zero-order valence-corrected chi connectivity index (χ0v) is 13.7. The van der Waals surface area contributed by atoms with Crippen molar-refractivity contribution in [3.8, 4) is 0 Å². The first-order valence-corrected chi connectivity index (χ1v) is 8.19. The number of anilines is 2. The van der Waals surface area contributed by atoms with Crippen LogP contribution in [0.2, 0.25) is 10.0 Å². The van der Waals surface area contributed by atoms with Gasteiger partial charge in [0.2, 0.25) is 0 Å². The van der Waals surface area contributed by atoms with Gasteiger partial charge in [0.1, 0.15) is 5.82 Å². The van der Waals surface area contributed by atoms with Crippen molar-refractivity contribution < 1.29 is 0 Å². The molecule has 0 aromatic carbocycles. The van der Waals surface area contributed by atoms with Crippen molar-refractivity contribution in [2.45, 2.75) is 38.3 Å². The van der Waals surface area contributed by atoms with Gasteiger partial charge in [-0.15, -0.1) is 0 Å².